The Morgan fingerprint density at radius 2 is 2.00 bits per heavy atom. The number of hydrogen-bond donors (Lipinski definition) is 0. The summed E-state index contributed by atoms with van der Waals surface area (Å²) in [6.07, 6.45) is 1.55. The average molecular weight is 206 g/mol. The summed E-state index contributed by atoms with van der Waals surface area (Å²) in [6, 6.07) is 5.95. The molecule has 3 heteroatoms. The molecule has 0 radical (unpaired) electrons. The summed E-state index contributed by atoms with van der Waals surface area (Å²) in [6.45, 7) is 0. The van der Waals surface area contributed by atoms with Gasteiger partial charge in [-0.1, -0.05) is 6.07 Å². The van der Waals surface area contributed by atoms with Gasteiger partial charge in [0.1, 0.15) is 5.75 Å². The SMILES string of the molecule is COC(=O)C1Cc2ccc(OC)cc2C1. The quantitative estimate of drug-likeness (QED) is 0.689. The molecule has 1 aliphatic carbocycles. The van der Waals surface area contributed by atoms with Crippen molar-refractivity contribution >= 4 is 5.97 Å². The minimum Gasteiger partial charge on any atom is -0.497 e. The van der Waals surface area contributed by atoms with Gasteiger partial charge in [-0.3, -0.25) is 4.79 Å². The Kier molecular flexibility index (Phi) is 2.62. The molecule has 0 fully saturated rings. The van der Waals surface area contributed by atoms with Crippen molar-refractivity contribution in [2.75, 3.05) is 14.2 Å². The summed E-state index contributed by atoms with van der Waals surface area (Å²) in [7, 11) is 3.08. The Balaban J connectivity index is 2.20. The lowest BCUT2D eigenvalue weighted by Crippen LogP contribution is -2.15. The standard InChI is InChI=1S/C12H14O3/c1-14-11-4-3-8-5-10(12(13)15-2)6-9(8)7-11/h3-4,7,10H,5-6H2,1-2H3. The Morgan fingerprint density at radius 3 is 2.67 bits per heavy atom. The molecule has 3 nitrogen and oxygen atoms in total. The molecule has 1 aromatic rings. The molecule has 0 amide bonds. The van der Waals surface area contributed by atoms with Crippen LogP contribution in [0.2, 0.25) is 0 Å². The van der Waals surface area contributed by atoms with Gasteiger partial charge in [-0.2, -0.15) is 0 Å². The monoisotopic (exact) mass is 206 g/mol. The van der Waals surface area contributed by atoms with Gasteiger partial charge in [0.15, 0.2) is 0 Å². The Labute approximate surface area is 89.0 Å². The highest BCUT2D eigenvalue weighted by atomic mass is 16.5. The molecular formula is C12H14O3. The highest BCUT2D eigenvalue weighted by molar-refractivity contribution is 5.74. The van der Waals surface area contributed by atoms with Gasteiger partial charge < -0.3 is 9.47 Å². The van der Waals surface area contributed by atoms with Crippen molar-refractivity contribution in [3.05, 3.63) is 29.3 Å². The average Bonchev–Trinajstić information content (AvgIpc) is 2.70. The van der Waals surface area contributed by atoms with E-state index < -0.39 is 0 Å². The Bertz CT molecular complexity index is 384. The number of ether oxygens (including phenoxy) is 2. The third kappa shape index (κ3) is 1.82. The van der Waals surface area contributed by atoms with Gasteiger partial charge in [0.05, 0.1) is 20.1 Å². The Hall–Kier alpha value is -1.51. The molecule has 0 heterocycles. The second kappa shape index (κ2) is 3.93. The summed E-state index contributed by atoms with van der Waals surface area (Å²) in [4.78, 5) is 11.4. The van der Waals surface area contributed by atoms with Crippen LogP contribution in [-0.4, -0.2) is 20.2 Å². The fraction of sp³-hybridized carbons (Fsp3) is 0.417. The lowest BCUT2D eigenvalue weighted by molar-refractivity contribution is -0.145. The first-order valence-corrected chi connectivity index (χ1v) is 4.98. The van der Waals surface area contributed by atoms with Crippen LogP contribution < -0.4 is 4.74 Å². The van der Waals surface area contributed by atoms with Crippen molar-refractivity contribution in [1.82, 2.24) is 0 Å². The normalized spacial score (nSPS) is 18.4. The van der Waals surface area contributed by atoms with E-state index >= 15 is 0 Å². The van der Waals surface area contributed by atoms with Crippen LogP contribution in [0.1, 0.15) is 11.1 Å². The van der Waals surface area contributed by atoms with Crippen molar-refractivity contribution < 1.29 is 14.3 Å². The van der Waals surface area contributed by atoms with Crippen LogP contribution in [0.25, 0.3) is 0 Å². The van der Waals surface area contributed by atoms with Gasteiger partial charge in [0.25, 0.3) is 0 Å². The lowest BCUT2D eigenvalue weighted by atomic mass is 10.1. The van der Waals surface area contributed by atoms with Gasteiger partial charge in [-0.05, 0) is 36.1 Å². The van der Waals surface area contributed by atoms with E-state index in [2.05, 4.69) is 0 Å². The number of benzene rings is 1. The molecule has 1 aliphatic rings. The third-order valence-electron chi connectivity index (χ3n) is 2.88. The number of hydrogen-bond acceptors (Lipinski definition) is 3. The van der Waals surface area contributed by atoms with E-state index in [1.807, 2.05) is 18.2 Å². The fourth-order valence-corrected chi connectivity index (χ4v) is 2.05. The van der Waals surface area contributed by atoms with Crippen LogP contribution in [0.15, 0.2) is 18.2 Å². The predicted molar refractivity (Wildman–Crippen MR) is 55.9 cm³/mol. The highest BCUT2D eigenvalue weighted by Gasteiger charge is 2.28. The zero-order valence-corrected chi connectivity index (χ0v) is 8.95. The van der Waals surface area contributed by atoms with Crippen LogP contribution in [0.3, 0.4) is 0 Å². The molecule has 0 bridgehead atoms. The van der Waals surface area contributed by atoms with Crippen molar-refractivity contribution in [2.45, 2.75) is 12.8 Å². The van der Waals surface area contributed by atoms with Gasteiger partial charge in [0, 0.05) is 0 Å². The van der Waals surface area contributed by atoms with E-state index in [1.165, 1.54) is 18.2 Å². The second-order valence-corrected chi connectivity index (χ2v) is 3.76. The summed E-state index contributed by atoms with van der Waals surface area (Å²) < 4.78 is 9.90. The molecule has 0 saturated carbocycles. The number of esters is 1. The summed E-state index contributed by atoms with van der Waals surface area (Å²) in [5.41, 5.74) is 2.43. The van der Waals surface area contributed by atoms with E-state index in [9.17, 15) is 4.79 Å². The van der Waals surface area contributed by atoms with Gasteiger partial charge >= 0.3 is 5.97 Å². The summed E-state index contributed by atoms with van der Waals surface area (Å²) >= 11 is 0. The molecular weight excluding hydrogens is 192 g/mol. The van der Waals surface area contributed by atoms with E-state index in [-0.39, 0.29) is 11.9 Å². The van der Waals surface area contributed by atoms with Crippen LogP contribution in [0, 0.1) is 5.92 Å². The number of carbonyl (C=O) groups is 1. The van der Waals surface area contributed by atoms with Crippen LogP contribution in [0.4, 0.5) is 0 Å². The van der Waals surface area contributed by atoms with Crippen LogP contribution in [0.5, 0.6) is 5.75 Å². The maximum Gasteiger partial charge on any atom is 0.309 e. The summed E-state index contributed by atoms with van der Waals surface area (Å²) in [5.74, 6) is 0.710. The van der Waals surface area contributed by atoms with Crippen molar-refractivity contribution in [2.24, 2.45) is 5.92 Å². The van der Waals surface area contributed by atoms with Crippen LogP contribution in [-0.2, 0) is 22.4 Å². The first kappa shape index (κ1) is 10.0. The number of carbonyl (C=O) groups excluding carboxylic acids is 1. The molecule has 1 aromatic carbocycles. The molecule has 1 atom stereocenters. The van der Waals surface area contributed by atoms with Crippen molar-refractivity contribution in [3.8, 4) is 5.75 Å². The topological polar surface area (TPSA) is 35.5 Å². The second-order valence-electron chi connectivity index (χ2n) is 3.76. The zero-order valence-electron chi connectivity index (χ0n) is 8.95. The largest absolute Gasteiger partial charge is 0.497 e. The van der Waals surface area contributed by atoms with Gasteiger partial charge in [-0.25, -0.2) is 0 Å². The number of rotatable bonds is 2. The zero-order chi connectivity index (χ0) is 10.8. The first-order valence-electron chi connectivity index (χ1n) is 4.98. The molecule has 0 spiro atoms. The minimum absolute atomic E-state index is 0.0166. The number of fused-ring (bicyclic) bond motifs is 1. The first-order chi connectivity index (χ1) is 7.24. The van der Waals surface area contributed by atoms with E-state index in [0.29, 0.717) is 0 Å². The molecule has 0 N–H and O–H groups in total. The molecule has 0 aromatic heterocycles. The molecule has 2 rings (SSSR count). The van der Waals surface area contributed by atoms with Crippen molar-refractivity contribution in [3.63, 3.8) is 0 Å². The van der Waals surface area contributed by atoms with Crippen molar-refractivity contribution in [1.29, 1.82) is 0 Å². The molecule has 1 unspecified atom stereocenters. The minimum atomic E-state index is -0.120. The van der Waals surface area contributed by atoms with Gasteiger partial charge in [0.2, 0.25) is 0 Å². The third-order valence-corrected chi connectivity index (χ3v) is 2.88. The molecule has 80 valence electrons. The molecule has 0 saturated heterocycles. The summed E-state index contributed by atoms with van der Waals surface area (Å²) in [5, 5.41) is 0. The smallest absolute Gasteiger partial charge is 0.309 e. The lowest BCUT2D eigenvalue weighted by Gasteiger charge is -2.04. The molecule has 0 aliphatic heterocycles. The predicted octanol–water partition coefficient (Wildman–Crippen LogP) is 1.58. The van der Waals surface area contributed by atoms with E-state index in [1.54, 1.807) is 7.11 Å². The highest BCUT2D eigenvalue weighted by Crippen LogP contribution is 2.30. The van der Waals surface area contributed by atoms with Crippen LogP contribution >= 0.6 is 0 Å². The van der Waals surface area contributed by atoms with E-state index in [4.69, 9.17) is 9.47 Å². The van der Waals surface area contributed by atoms with Gasteiger partial charge in [-0.15, -0.1) is 0 Å². The molecule has 15 heavy (non-hydrogen) atoms. The fourth-order valence-electron chi connectivity index (χ4n) is 2.05. The maximum atomic E-state index is 11.4. The Morgan fingerprint density at radius 1 is 1.27 bits per heavy atom. The maximum absolute atomic E-state index is 11.4. The van der Waals surface area contributed by atoms with E-state index in [0.717, 1.165) is 18.6 Å². The number of methoxy groups -OCH3 is 2.